The number of rotatable bonds is 15. The highest BCUT2D eigenvalue weighted by Gasteiger charge is 2.38. The Labute approximate surface area is 203 Å². The second kappa shape index (κ2) is 16.5. The van der Waals surface area contributed by atoms with Gasteiger partial charge in [-0.1, -0.05) is 13.2 Å². The van der Waals surface area contributed by atoms with Gasteiger partial charge >= 0.3 is 30.1 Å². The van der Waals surface area contributed by atoms with Crippen molar-refractivity contribution in [1.82, 2.24) is 10.6 Å². The molecule has 0 unspecified atom stereocenters. The summed E-state index contributed by atoms with van der Waals surface area (Å²) in [5.74, 6) is -2.09. The molecule has 35 heavy (non-hydrogen) atoms. The van der Waals surface area contributed by atoms with E-state index in [9.17, 15) is 24.0 Å². The van der Waals surface area contributed by atoms with Gasteiger partial charge in [0.1, 0.15) is 38.4 Å². The van der Waals surface area contributed by atoms with Crippen LogP contribution in [-0.2, 0) is 38.1 Å². The molecule has 0 saturated heterocycles. The summed E-state index contributed by atoms with van der Waals surface area (Å²) in [6, 6.07) is 1.81. The van der Waals surface area contributed by atoms with Crippen LogP contribution in [0.3, 0.4) is 0 Å². The normalized spacial score (nSPS) is 10.1. The van der Waals surface area contributed by atoms with Crippen LogP contribution in [0, 0.1) is 16.7 Å². The van der Waals surface area contributed by atoms with E-state index in [1.54, 1.807) is 0 Å². The Morgan fingerprint density at radius 3 is 1.57 bits per heavy atom. The Hall–Kier alpha value is -4.08. The molecule has 0 fully saturated rings. The summed E-state index contributed by atoms with van der Waals surface area (Å²) in [7, 11) is 0. The Morgan fingerprint density at radius 2 is 1.20 bits per heavy atom. The van der Waals surface area contributed by atoms with Crippen molar-refractivity contribution in [3.8, 4) is 6.07 Å². The summed E-state index contributed by atoms with van der Waals surface area (Å²) < 4.78 is 24.7. The Kier molecular flexibility index (Phi) is 14.6. The Balaban J connectivity index is 4.71. The van der Waals surface area contributed by atoms with Gasteiger partial charge in [0.15, 0.2) is 0 Å². The van der Waals surface area contributed by atoms with Gasteiger partial charge in [-0.25, -0.2) is 19.2 Å². The fourth-order valence-corrected chi connectivity index (χ4v) is 1.91. The molecule has 0 heterocycles. The van der Waals surface area contributed by atoms with Gasteiger partial charge in [-0.2, -0.15) is 5.26 Å². The van der Waals surface area contributed by atoms with Gasteiger partial charge < -0.3 is 34.3 Å². The highest BCUT2D eigenvalue weighted by molar-refractivity contribution is 5.87. The topological polar surface area (TPSA) is 179 Å². The standard InChI is InChI=1S/C22H31N3O10/c1-15(2)17(26)31-11-8-24-20(29)34-13-22(5,19(28)33-10-6-7-23)14-35-21(30)25-9-12-32-18(27)16(3)4/h1,3,6,8-14H2,2,4-5H3,(H,24,29)(H,25,30). The number of esters is 3. The largest absolute Gasteiger partial charge is 0.464 e. The molecule has 0 aliphatic heterocycles. The van der Waals surface area contributed by atoms with Crippen molar-refractivity contribution in [3.05, 3.63) is 24.3 Å². The van der Waals surface area contributed by atoms with Crippen molar-refractivity contribution in [1.29, 1.82) is 5.26 Å². The molecule has 0 spiro atoms. The summed E-state index contributed by atoms with van der Waals surface area (Å²) in [4.78, 5) is 58.9. The van der Waals surface area contributed by atoms with Gasteiger partial charge in [-0.15, -0.1) is 0 Å². The van der Waals surface area contributed by atoms with Gasteiger partial charge in [0, 0.05) is 11.1 Å². The highest BCUT2D eigenvalue weighted by atomic mass is 16.6. The van der Waals surface area contributed by atoms with Gasteiger partial charge in [-0.3, -0.25) is 4.79 Å². The van der Waals surface area contributed by atoms with Crippen molar-refractivity contribution < 1.29 is 47.7 Å². The van der Waals surface area contributed by atoms with E-state index in [0.29, 0.717) is 0 Å². The Bertz CT molecular complexity index is 797. The molecule has 0 aromatic carbocycles. The lowest BCUT2D eigenvalue weighted by molar-refractivity contribution is -0.160. The first kappa shape index (κ1) is 30.9. The molecular formula is C22H31N3O10. The molecule has 13 nitrogen and oxygen atoms in total. The molecule has 0 aromatic heterocycles. The molecule has 0 aliphatic rings. The number of amides is 2. The molecule has 2 N–H and O–H groups in total. The number of hydrogen-bond donors (Lipinski definition) is 2. The maximum Gasteiger partial charge on any atom is 0.407 e. The van der Waals surface area contributed by atoms with Crippen molar-refractivity contribution in [2.75, 3.05) is 46.1 Å². The highest BCUT2D eigenvalue weighted by Crippen LogP contribution is 2.20. The van der Waals surface area contributed by atoms with Crippen molar-refractivity contribution in [2.24, 2.45) is 5.41 Å². The fraction of sp³-hybridized carbons (Fsp3) is 0.545. The van der Waals surface area contributed by atoms with Crippen LogP contribution in [0.5, 0.6) is 0 Å². The van der Waals surface area contributed by atoms with Crippen LogP contribution >= 0.6 is 0 Å². The van der Waals surface area contributed by atoms with Gasteiger partial charge in [-0.05, 0) is 20.8 Å². The minimum atomic E-state index is -1.59. The van der Waals surface area contributed by atoms with E-state index in [1.807, 2.05) is 6.07 Å². The van der Waals surface area contributed by atoms with E-state index in [1.165, 1.54) is 20.8 Å². The van der Waals surface area contributed by atoms with Crippen molar-refractivity contribution in [2.45, 2.75) is 27.2 Å². The zero-order chi connectivity index (χ0) is 26.9. The fourth-order valence-electron chi connectivity index (χ4n) is 1.91. The summed E-state index contributed by atoms with van der Waals surface area (Å²) >= 11 is 0. The lowest BCUT2D eigenvalue weighted by atomic mass is 9.93. The number of ether oxygens (including phenoxy) is 5. The van der Waals surface area contributed by atoms with Crippen LogP contribution in [0.15, 0.2) is 24.3 Å². The molecule has 0 saturated carbocycles. The minimum Gasteiger partial charge on any atom is -0.464 e. The number of carbonyl (C=O) groups excluding carboxylic acids is 5. The van der Waals surface area contributed by atoms with Crippen LogP contribution in [0.25, 0.3) is 0 Å². The van der Waals surface area contributed by atoms with E-state index in [0.717, 1.165) is 0 Å². The van der Waals surface area contributed by atoms with Crippen LogP contribution in [0.1, 0.15) is 27.2 Å². The number of alkyl carbamates (subject to hydrolysis) is 2. The third-order valence-corrected chi connectivity index (χ3v) is 3.89. The molecule has 0 aliphatic carbocycles. The van der Waals surface area contributed by atoms with Crippen LogP contribution in [0.2, 0.25) is 0 Å². The maximum atomic E-state index is 12.5. The summed E-state index contributed by atoms with van der Waals surface area (Å²) in [5, 5.41) is 13.3. The zero-order valence-corrected chi connectivity index (χ0v) is 20.1. The quantitative estimate of drug-likeness (QED) is 0.143. The summed E-state index contributed by atoms with van der Waals surface area (Å²) in [6.07, 6.45) is -1.90. The minimum absolute atomic E-state index is 0.0592. The number of nitrogens with zero attached hydrogens (tertiary/aromatic N) is 1. The number of hydrogen-bond acceptors (Lipinski definition) is 11. The van der Waals surface area contributed by atoms with E-state index < -0.39 is 48.7 Å². The van der Waals surface area contributed by atoms with Crippen molar-refractivity contribution >= 4 is 30.1 Å². The number of nitrogens with one attached hydrogen (secondary N) is 2. The first-order valence-corrected chi connectivity index (χ1v) is 10.4. The third kappa shape index (κ3) is 13.9. The first-order chi connectivity index (χ1) is 16.4. The molecule has 2 amide bonds. The average molecular weight is 498 g/mol. The summed E-state index contributed by atoms with van der Waals surface area (Å²) in [5.41, 5.74) is -1.19. The molecule has 13 heteroatoms. The first-order valence-electron chi connectivity index (χ1n) is 10.4. The molecule has 0 bridgehead atoms. The third-order valence-electron chi connectivity index (χ3n) is 3.89. The Morgan fingerprint density at radius 1 is 0.771 bits per heavy atom. The SMILES string of the molecule is C=C(C)C(=O)OCCNC(=O)OCC(C)(COC(=O)NCCOC(=O)C(=C)C)C(=O)OCCC#N. The molecule has 194 valence electrons. The second-order valence-electron chi connectivity index (χ2n) is 7.44. The molecule has 0 atom stereocenters. The lowest BCUT2D eigenvalue weighted by Crippen LogP contribution is -2.43. The van der Waals surface area contributed by atoms with Crippen LogP contribution < -0.4 is 10.6 Å². The number of carbonyl (C=O) groups is 5. The molecule has 0 rings (SSSR count). The predicted molar refractivity (Wildman–Crippen MR) is 120 cm³/mol. The van der Waals surface area contributed by atoms with Gasteiger partial charge in [0.25, 0.3) is 0 Å². The predicted octanol–water partition coefficient (Wildman–Crippen LogP) is 1.14. The van der Waals surface area contributed by atoms with Gasteiger partial charge in [0.05, 0.1) is 25.6 Å². The van der Waals surface area contributed by atoms with Crippen LogP contribution in [-0.4, -0.2) is 76.2 Å². The van der Waals surface area contributed by atoms with E-state index >= 15 is 0 Å². The molecular weight excluding hydrogens is 466 g/mol. The second-order valence-corrected chi connectivity index (χ2v) is 7.44. The molecule has 0 aromatic rings. The van der Waals surface area contributed by atoms with E-state index in [4.69, 9.17) is 28.9 Å². The zero-order valence-electron chi connectivity index (χ0n) is 20.1. The number of nitriles is 1. The summed E-state index contributed by atoms with van der Waals surface area (Å²) in [6.45, 7) is 9.50. The smallest absolute Gasteiger partial charge is 0.407 e. The molecule has 0 radical (unpaired) electrons. The van der Waals surface area contributed by atoms with Crippen molar-refractivity contribution in [3.63, 3.8) is 0 Å². The van der Waals surface area contributed by atoms with Crippen LogP contribution in [0.4, 0.5) is 9.59 Å². The lowest BCUT2D eigenvalue weighted by Gasteiger charge is -2.26. The van der Waals surface area contributed by atoms with E-state index in [2.05, 4.69) is 23.8 Å². The van der Waals surface area contributed by atoms with E-state index in [-0.39, 0.29) is 50.5 Å². The van der Waals surface area contributed by atoms with Gasteiger partial charge in [0.2, 0.25) is 0 Å². The average Bonchev–Trinajstić information content (AvgIpc) is 2.81. The maximum absolute atomic E-state index is 12.5. The monoisotopic (exact) mass is 497 g/mol.